The second kappa shape index (κ2) is 6.58. The van der Waals surface area contributed by atoms with Crippen molar-refractivity contribution in [3.05, 3.63) is 0 Å². The minimum atomic E-state index is -4.23. The lowest BCUT2D eigenvalue weighted by atomic mass is 10.3. The number of alkyl halides is 1. The highest BCUT2D eigenvalue weighted by atomic mass is 35.5. The van der Waals surface area contributed by atoms with Crippen molar-refractivity contribution >= 4 is 21.9 Å². The Bertz CT molecular complexity index is 244. The van der Waals surface area contributed by atoms with Crippen LogP contribution in [0.4, 0.5) is 0 Å². The Labute approximate surface area is 89.6 Å². The molecule has 0 fully saturated rings. The SMILES string of the molecule is CCCCN(CC(O)CCl)S(=O)(=O)O. The van der Waals surface area contributed by atoms with Gasteiger partial charge in [0, 0.05) is 19.0 Å². The predicted molar refractivity (Wildman–Crippen MR) is 54.8 cm³/mol. The minimum absolute atomic E-state index is 0.0574. The molecule has 0 saturated carbocycles. The van der Waals surface area contributed by atoms with E-state index in [0.717, 1.165) is 10.7 Å². The molecule has 0 aliphatic carbocycles. The lowest BCUT2D eigenvalue weighted by Gasteiger charge is -2.20. The van der Waals surface area contributed by atoms with Crippen LogP contribution in [0, 0.1) is 0 Å². The van der Waals surface area contributed by atoms with Gasteiger partial charge in [-0.2, -0.15) is 12.7 Å². The number of unbranched alkanes of at least 4 members (excludes halogenated alkanes) is 1. The minimum Gasteiger partial charge on any atom is -0.391 e. The number of aliphatic hydroxyl groups is 1. The zero-order valence-corrected chi connectivity index (χ0v) is 9.63. The zero-order valence-electron chi connectivity index (χ0n) is 8.06. The number of hydrogen-bond acceptors (Lipinski definition) is 3. The van der Waals surface area contributed by atoms with E-state index in [0.29, 0.717) is 6.42 Å². The molecule has 86 valence electrons. The molecule has 7 heteroatoms. The molecule has 0 aliphatic rings. The van der Waals surface area contributed by atoms with E-state index in [2.05, 4.69) is 0 Å². The van der Waals surface area contributed by atoms with E-state index in [1.807, 2.05) is 6.92 Å². The smallest absolute Gasteiger partial charge is 0.335 e. The molecule has 0 saturated heterocycles. The third kappa shape index (κ3) is 5.77. The number of halogens is 1. The van der Waals surface area contributed by atoms with Crippen LogP contribution in [0.15, 0.2) is 0 Å². The first-order valence-corrected chi connectivity index (χ1v) is 6.31. The predicted octanol–water partition coefficient (Wildman–Crippen LogP) is 0.491. The number of hydrogen-bond donors (Lipinski definition) is 2. The Balaban J connectivity index is 4.26. The Morgan fingerprint density at radius 3 is 2.43 bits per heavy atom. The lowest BCUT2D eigenvalue weighted by Crippen LogP contribution is -2.38. The fourth-order valence-electron chi connectivity index (χ4n) is 0.919. The molecule has 0 radical (unpaired) electrons. The van der Waals surface area contributed by atoms with Crippen molar-refractivity contribution in [2.45, 2.75) is 25.9 Å². The Morgan fingerprint density at radius 1 is 1.50 bits per heavy atom. The second-order valence-electron chi connectivity index (χ2n) is 3.00. The van der Waals surface area contributed by atoms with Gasteiger partial charge in [-0.3, -0.25) is 4.55 Å². The first kappa shape index (κ1) is 14.1. The summed E-state index contributed by atoms with van der Waals surface area (Å²) < 4.78 is 31.2. The summed E-state index contributed by atoms with van der Waals surface area (Å²) in [6, 6.07) is 0. The normalized spacial score (nSPS) is 14.6. The van der Waals surface area contributed by atoms with Gasteiger partial charge in [-0.25, -0.2) is 0 Å². The summed E-state index contributed by atoms with van der Waals surface area (Å²) in [4.78, 5) is 0. The molecule has 1 unspecified atom stereocenters. The molecule has 2 N–H and O–H groups in total. The van der Waals surface area contributed by atoms with Gasteiger partial charge >= 0.3 is 10.3 Å². The highest BCUT2D eigenvalue weighted by molar-refractivity contribution is 7.83. The van der Waals surface area contributed by atoms with Gasteiger partial charge in [0.2, 0.25) is 0 Å². The Morgan fingerprint density at radius 2 is 2.07 bits per heavy atom. The van der Waals surface area contributed by atoms with Crippen LogP contribution >= 0.6 is 11.6 Å². The van der Waals surface area contributed by atoms with Gasteiger partial charge in [-0.1, -0.05) is 13.3 Å². The first-order chi connectivity index (χ1) is 6.41. The van der Waals surface area contributed by atoms with Gasteiger partial charge in [-0.05, 0) is 6.42 Å². The van der Waals surface area contributed by atoms with Crippen LogP contribution in [-0.4, -0.2) is 47.5 Å². The van der Waals surface area contributed by atoms with Crippen molar-refractivity contribution in [1.29, 1.82) is 0 Å². The maximum atomic E-state index is 10.8. The Hall–Kier alpha value is 0.120. The average molecular weight is 246 g/mol. The van der Waals surface area contributed by atoms with Crippen molar-refractivity contribution in [2.75, 3.05) is 19.0 Å². The van der Waals surface area contributed by atoms with Crippen LogP contribution in [0.5, 0.6) is 0 Å². The van der Waals surface area contributed by atoms with Gasteiger partial charge in [0.15, 0.2) is 0 Å². The summed E-state index contributed by atoms with van der Waals surface area (Å²) in [5.41, 5.74) is 0. The summed E-state index contributed by atoms with van der Waals surface area (Å²) in [5, 5.41) is 9.14. The molecule has 0 aromatic rings. The maximum absolute atomic E-state index is 10.8. The molecule has 0 aromatic carbocycles. The van der Waals surface area contributed by atoms with Crippen LogP contribution in [0.25, 0.3) is 0 Å². The van der Waals surface area contributed by atoms with Crippen LogP contribution in [0.2, 0.25) is 0 Å². The van der Waals surface area contributed by atoms with E-state index in [4.69, 9.17) is 21.3 Å². The average Bonchev–Trinajstić information content (AvgIpc) is 2.09. The molecule has 0 bridgehead atoms. The number of nitrogens with zero attached hydrogens (tertiary/aromatic N) is 1. The zero-order chi connectivity index (χ0) is 11.2. The van der Waals surface area contributed by atoms with Crippen molar-refractivity contribution in [1.82, 2.24) is 4.31 Å². The van der Waals surface area contributed by atoms with E-state index in [9.17, 15) is 8.42 Å². The summed E-state index contributed by atoms with van der Waals surface area (Å²) >= 11 is 5.33. The molecule has 0 rings (SSSR count). The highest BCUT2D eigenvalue weighted by Gasteiger charge is 2.20. The van der Waals surface area contributed by atoms with Crippen molar-refractivity contribution < 1.29 is 18.1 Å². The highest BCUT2D eigenvalue weighted by Crippen LogP contribution is 2.03. The molecular weight excluding hydrogens is 230 g/mol. The second-order valence-corrected chi connectivity index (χ2v) is 4.72. The summed E-state index contributed by atoms with van der Waals surface area (Å²) in [7, 11) is -4.23. The maximum Gasteiger partial charge on any atom is 0.335 e. The topological polar surface area (TPSA) is 77.8 Å². The fourth-order valence-corrected chi connectivity index (χ4v) is 1.74. The molecular formula is C7H16ClNO4S. The van der Waals surface area contributed by atoms with Crippen LogP contribution in [0.1, 0.15) is 19.8 Å². The van der Waals surface area contributed by atoms with E-state index in [-0.39, 0.29) is 19.0 Å². The first-order valence-electron chi connectivity index (χ1n) is 4.38. The van der Waals surface area contributed by atoms with Crippen LogP contribution in [0.3, 0.4) is 0 Å². The van der Waals surface area contributed by atoms with Crippen molar-refractivity contribution in [3.63, 3.8) is 0 Å². The summed E-state index contributed by atoms with van der Waals surface area (Å²) in [5.74, 6) is -0.0574. The van der Waals surface area contributed by atoms with E-state index < -0.39 is 16.4 Å². The molecule has 0 aromatic heterocycles. The molecule has 0 amide bonds. The number of rotatable bonds is 7. The molecule has 5 nitrogen and oxygen atoms in total. The standard InChI is InChI=1S/C7H16ClNO4S/c1-2-3-4-9(14(11,12)13)6-7(10)5-8/h7,10H,2-6H2,1H3,(H,11,12,13). The molecule has 0 spiro atoms. The summed E-state index contributed by atoms with van der Waals surface area (Å²) in [6.07, 6.45) is 0.494. The Kier molecular flexibility index (Phi) is 6.63. The van der Waals surface area contributed by atoms with Gasteiger partial charge in [0.05, 0.1) is 6.10 Å². The molecule has 14 heavy (non-hydrogen) atoms. The largest absolute Gasteiger partial charge is 0.391 e. The molecule has 0 heterocycles. The van der Waals surface area contributed by atoms with Gasteiger partial charge in [0.1, 0.15) is 0 Å². The third-order valence-corrected chi connectivity index (χ3v) is 3.02. The van der Waals surface area contributed by atoms with Gasteiger partial charge in [0.25, 0.3) is 0 Å². The number of aliphatic hydroxyl groups excluding tert-OH is 1. The van der Waals surface area contributed by atoms with E-state index >= 15 is 0 Å². The third-order valence-electron chi connectivity index (χ3n) is 1.68. The monoisotopic (exact) mass is 245 g/mol. The van der Waals surface area contributed by atoms with E-state index in [1.54, 1.807) is 0 Å². The lowest BCUT2D eigenvalue weighted by molar-refractivity contribution is 0.160. The summed E-state index contributed by atoms with van der Waals surface area (Å²) in [6.45, 7) is 1.94. The quantitative estimate of drug-likeness (QED) is 0.506. The van der Waals surface area contributed by atoms with Gasteiger partial charge < -0.3 is 5.11 Å². The van der Waals surface area contributed by atoms with Crippen LogP contribution in [-0.2, 0) is 10.3 Å². The molecule has 0 aliphatic heterocycles. The van der Waals surface area contributed by atoms with Crippen molar-refractivity contribution in [3.8, 4) is 0 Å². The van der Waals surface area contributed by atoms with E-state index in [1.165, 1.54) is 0 Å². The fraction of sp³-hybridized carbons (Fsp3) is 1.00. The van der Waals surface area contributed by atoms with Crippen LogP contribution < -0.4 is 0 Å². The van der Waals surface area contributed by atoms with Gasteiger partial charge in [-0.15, -0.1) is 11.6 Å². The van der Waals surface area contributed by atoms with Crippen molar-refractivity contribution in [2.24, 2.45) is 0 Å². The molecule has 1 atom stereocenters.